The Morgan fingerprint density at radius 3 is 2.55 bits per heavy atom. The first kappa shape index (κ1) is 15.7. The lowest BCUT2D eigenvalue weighted by atomic mass is 9.92. The van der Waals surface area contributed by atoms with Crippen molar-refractivity contribution in [2.45, 2.75) is 37.8 Å². The summed E-state index contributed by atoms with van der Waals surface area (Å²) in [5, 5.41) is 3.14. The van der Waals surface area contributed by atoms with Gasteiger partial charge in [0.05, 0.1) is 12.1 Å². The minimum absolute atomic E-state index is 0.132. The molecule has 0 unspecified atom stereocenters. The van der Waals surface area contributed by atoms with Crippen LogP contribution in [0.15, 0.2) is 0 Å². The van der Waals surface area contributed by atoms with Crippen LogP contribution in [-0.2, 0) is 9.53 Å². The van der Waals surface area contributed by atoms with E-state index in [2.05, 4.69) is 29.2 Å². The van der Waals surface area contributed by atoms with Gasteiger partial charge in [0.1, 0.15) is 0 Å². The molecule has 5 nitrogen and oxygen atoms in total. The number of amides is 1. The van der Waals surface area contributed by atoms with Gasteiger partial charge in [-0.15, -0.1) is 0 Å². The SMILES string of the molecule is CO[C@H]1CN(C)C[C@@H]1NC(=O)CCC1CCN(C)CC1. The van der Waals surface area contributed by atoms with E-state index in [1.165, 1.54) is 25.9 Å². The third kappa shape index (κ3) is 4.43. The molecule has 0 aliphatic carbocycles. The summed E-state index contributed by atoms with van der Waals surface area (Å²) in [5.41, 5.74) is 0. The molecule has 0 aromatic rings. The summed E-state index contributed by atoms with van der Waals surface area (Å²) in [7, 11) is 5.96. The van der Waals surface area contributed by atoms with Crippen LogP contribution in [0.4, 0.5) is 0 Å². The van der Waals surface area contributed by atoms with Crippen molar-refractivity contribution < 1.29 is 9.53 Å². The molecule has 1 amide bonds. The van der Waals surface area contributed by atoms with Gasteiger partial charge in [-0.3, -0.25) is 4.79 Å². The van der Waals surface area contributed by atoms with Crippen molar-refractivity contribution in [3.8, 4) is 0 Å². The Morgan fingerprint density at radius 2 is 1.90 bits per heavy atom. The van der Waals surface area contributed by atoms with Crippen molar-refractivity contribution in [3.05, 3.63) is 0 Å². The number of ether oxygens (including phenoxy) is 1. The highest BCUT2D eigenvalue weighted by Gasteiger charge is 2.31. The smallest absolute Gasteiger partial charge is 0.220 e. The first-order valence-electron chi connectivity index (χ1n) is 7.77. The largest absolute Gasteiger partial charge is 0.378 e. The zero-order valence-corrected chi connectivity index (χ0v) is 13.1. The number of nitrogens with one attached hydrogen (secondary N) is 1. The van der Waals surface area contributed by atoms with Gasteiger partial charge >= 0.3 is 0 Å². The van der Waals surface area contributed by atoms with Gasteiger partial charge in [0.25, 0.3) is 0 Å². The average molecular weight is 283 g/mol. The van der Waals surface area contributed by atoms with Gasteiger partial charge in [-0.25, -0.2) is 0 Å². The fraction of sp³-hybridized carbons (Fsp3) is 0.933. The Hall–Kier alpha value is -0.650. The summed E-state index contributed by atoms with van der Waals surface area (Å²) in [6.45, 7) is 4.13. The van der Waals surface area contributed by atoms with Gasteiger partial charge in [-0.2, -0.15) is 0 Å². The maximum absolute atomic E-state index is 12.1. The number of methoxy groups -OCH3 is 1. The van der Waals surface area contributed by atoms with Gasteiger partial charge in [0, 0.05) is 26.6 Å². The van der Waals surface area contributed by atoms with Gasteiger partial charge < -0.3 is 19.9 Å². The molecule has 2 aliphatic heterocycles. The molecular formula is C15H29N3O2. The lowest BCUT2D eigenvalue weighted by Gasteiger charge is -2.28. The van der Waals surface area contributed by atoms with E-state index in [-0.39, 0.29) is 18.1 Å². The van der Waals surface area contributed by atoms with Crippen molar-refractivity contribution in [2.75, 3.05) is 47.4 Å². The van der Waals surface area contributed by atoms with E-state index in [0.717, 1.165) is 25.4 Å². The van der Waals surface area contributed by atoms with Crippen LogP contribution in [0.5, 0.6) is 0 Å². The van der Waals surface area contributed by atoms with E-state index in [9.17, 15) is 4.79 Å². The summed E-state index contributed by atoms with van der Waals surface area (Å²) in [4.78, 5) is 16.7. The molecule has 0 radical (unpaired) electrons. The van der Waals surface area contributed by atoms with Crippen LogP contribution in [0.25, 0.3) is 0 Å². The van der Waals surface area contributed by atoms with Gasteiger partial charge in [0.15, 0.2) is 0 Å². The number of likely N-dealkylation sites (tertiary alicyclic amines) is 2. The predicted molar refractivity (Wildman–Crippen MR) is 79.7 cm³/mol. The van der Waals surface area contributed by atoms with E-state index < -0.39 is 0 Å². The molecule has 2 fully saturated rings. The van der Waals surface area contributed by atoms with Crippen molar-refractivity contribution in [1.82, 2.24) is 15.1 Å². The van der Waals surface area contributed by atoms with Crippen molar-refractivity contribution in [2.24, 2.45) is 5.92 Å². The molecule has 2 saturated heterocycles. The predicted octanol–water partition coefficient (Wildman–Crippen LogP) is 0.554. The number of carbonyl (C=O) groups excluding carboxylic acids is 1. The van der Waals surface area contributed by atoms with Gasteiger partial charge in [-0.05, 0) is 52.4 Å². The molecule has 2 aliphatic rings. The summed E-state index contributed by atoms with van der Waals surface area (Å²) in [5.74, 6) is 0.910. The number of hydrogen-bond acceptors (Lipinski definition) is 4. The van der Waals surface area contributed by atoms with Crippen LogP contribution >= 0.6 is 0 Å². The van der Waals surface area contributed by atoms with Crippen LogP contribution < -0.4 is 5.32 Å². The van der Waals surface area contributed by atoms with Gasteiger partial charge in [0.2, 0.25) is 5.91 Å². The summed E-state index contributed by atoms with van der Waals surface area (Å²) in [6, 6.07) is 0.148. The molecule has 0 aromatic carbocycles. The molecular weight excluding hydrogens is 254 g/mol. The first-order chi connectivity index (χ1) is 9.58. The summed E-state index contributed by atoms with van der Waals surface area (Å²) >= 11 is 0. The lowest BCUT2D eigenvalue weighted by molar-refractivity contribution is -0.122. The molecule has 20 heavy (non-hydrogen) atoms. The molecule has 2 heterocycles. The van der Waals surface area contributed by atoms with Crippen LogP contribution in [0.2, 0.25) is 0 Å². The summed E-state index contributed by atoms with van der Waals surface area (Å²) < 4.78 is 5.44. The van der Waals surface area contributed by atoms with E-state index in [0.29, 0.717) is 6.42 Å². The number of hydrogen-bond donors (Lipinski definition) is 1. The number of piperidine rings is 1. The Labute approximate surface area is 122 Å². The topological polar surface area (TPSA) is 44.8 Å². The standard InChI is InChI=1S/C15H29N3O2/c1-17-8-6-12(7-9-17)4-5-15(19)16-13-10-18(2)11-14(13)20-3/h12-14H,4-11H2,1-3H3,(H,16,19)/t13-,14-/m0/s1. The van der Waals surface area contributed by atoms with E-state index in [1.807, 2.05) is 0 Å². The third-order valence-corrected chi connectivity index (χ3v) is 4.72. The molecule has 1 N–H and O–H groups in total. The third-order valence-electron chi connectivity index (χ3n) is 4.72. The Bertz CT molecular complexity index is 316. The second kappa shape index (κ2) is 7.38. The van der Waals surface area contributed by atoms with Crippen LogP contribution in [-0.4, -0.2) is 75.2 Å². The maximum Gasteiger partial charge on any atom is 0.220 e. The molecule has 0 bridgehead atoms. The minimum atomic E-state index is 0.132. The lowest BCUT2D eigenvalue weighted by Crippen LogP contribution is -2.43. The van der Waals surface area contributed by atoms with Crippen LogP contribution in [0.3, 0.4) is 0 Å². The molecule has 0 aromatic heterocycles. The number of carbonyl (C=O) groups is 1. The second-order valence-corrected chi connectivity index (χ2v) is 6.45. The zero-order valence-electron chi connectivity index (χ0n) is 13.1. The van der Waals surface area contributed by atoms with E-state index in [1.54, 1.807) is 7.11 Å². The fourth-order valence-electron chi connectivity index (χ4n) is 3.30. The monoisotopic (exact) mass is 283 g/mol. The zero-order chi connectivity index (χ0) is 14.5. The molecule has 116 valence electrons. The fourth-order valence-corrected chi connectivity index (χ4v) is 3.30. The molecule has 0 spiro atoms. The highest BCUT2D eigenvalue weighted by molar-refractivity contribution is 5.76. The maximum atomic E-state index is 12.1. The van der Waals surface area contributed by atoms with E-state index in [4.69, 9.17) is 4.74 Å². The highest BCUT2D eigenvalue weighted by atomic mass is 16.5. The van der Waals surface area contributed by atoms with Crippen molar-refractivity contribution >= 4 is 5.91 Å². The molecule has 0 saturated carbocycles. The van der Waals surface area contributed by atoms with Crippen molar-refractivity contribution in [3.63, 3.8) is 0 Å². The normalized spacial score (nSPS) is 29.8. The minimum Gasteiger partial charge on any atom is -0.378 e. The second-order valence-electron chi connectivity index (χ2n) is 6.45. The van der Waals surface area contributed by atoms with Gasteiger partial charge in [-0.1, -0.05) is 0 Å². The molecule has 2 atom stereocenters. The van der Waals surface area contributed by atoms with Crippen molar-refractivity contribution in [1.29, 1.82) is 0 Å². The average Bonchev–Trinajstić information content (AvgIpc) is 2.78. The highest BCUT2D eigenvalue weighted by Crippen LogP contribution is 2.21. The van der Waals surface area contributed by atoms with Crippen LogP contribution in [0, 0.1) is 5.92 Å². The first-order valence-corrected chi connectivity index (χ1v) is 7.77. The molecule has 5 heteroatoms. The number of likely N-dealkylation sites (N-methyl/N-ethyl adjacent to an activating group) is 1. The molecule has 2 rings (SSSR count). The summed E-state index contributed by atoms with van der Waals surface area (Å²) in [6.07, 6.45) is 4.28. The van der Waals surface area contributed by atoms with Crippen LogP contribution in [0.1, 0.15) is 25.7 Å². The Kier molecular flexibility index (Phi) is 5.81. The number of rotatable bonds is 5. The Balaban J connectivity index is 1.67. The Morgan fingerprint density at radius 1 is 1.20 bits per heavy atom. The van der Waals surface area contributed by atoms with E-state index >= 15 is 0 Å². The quantitative estimate of drug-likeness (QED) is 0.800. The number of nitrogens with zero attached hydrogens (tertiary/aromatic N) is 2.